The number of nitrogens with one attached hydrogen (secondary N) is 1. The van der Waals surface area contributed by atoms with Gasteiger partial charge in [-0.05, 0) is 19.3 Å². The van der Waals surface area contributed by atoms with Gasteiger partial charge in [0.25, 0.3) is 0 Å². The van der Waals surface area contributed by atoms with Crippen molar-refractivity contribution in [3.63, 3.8) is 0 Å². The van der Waals surface area contributed by atoms with Crippen LogP contribution in [0.3, 0.4) is 0 Å². The highest BCUT2D eigenvalue weighted by atomic mass is 16.5. The second kappa shape index (κ2) is 5.12. The fourth-order valence-corrected chi connectivity index (χ4v) is 3.61. The van der Waals surface area contributed by atoms with Gasteiger partial charge in [-0.1, -0.05) is 12.8 Å². The van der Waals surface area contributed by atoms with Gasteiger partial charge in [0.15, 0.2) is 0 Å². The molecule has 2 saturated heterocycles. The first-order chi connectivity index (χ1) is 9.19. The average Bonchev–Trinajstić information content (AvgIpc) is 2.86. The Morgan fingerprint density at radius 2 is 2.16 bits per heavy atom. The van der Waals surface area contributed by atoms with Crippen LogP contribution in [-0.4, -0.2) is 48.6 Å². The topological polar surface area (TPSA) is 58.6 Å². The standard InChI is InChI=1S/C14H22N2O3/c17-12-9-11(3-6-15-12)13(18)16-7-8-19-14(10-16)4-1-2-5-14/h11H,1-10H2,(H,15,17). The van der Waals surface area contributed by atoms with E-state index in [9.17, 15) is 9.59 Å². The summed E-state index contributed by atoms with van der Waals surface area (Å²) in [5.74, 6) is 0.0446. The lowest BCUT2D eigenvalue weighted by molar-refractivity contribution is -0.155. The van der Waals surface area contributed by atoms with Crippen LogP contribution < -0.4 is 5.32 Å². The van der Waals surface area contributed by atoms with E-state index in [2.05, 4.69) is 5.32 Å². The summed E-state index contributed by atoms with van der Waals surface area (Å²) >= 11 is 0. The molecule has 1 spiro atoms. The molecular formula is C14H22N2O3. The smallest absolute Gasteiger partial charge is 0.226 e. The molecule has 2 amide bonds. The lowest BCUT2D eigenvalue weighted by Gasteiger charge is -2.42. The van der Waals surface area contributed by atoms with Gasteiger partial charge in [-0.15, -0.1) is 0 Å². The van der Waals surface area contributed by atoms with Gasteiger partial charge in [0.1, 0.15) is 0 Å². The number of ether oxygens (including phenoxy) is 1. The zero-order valence-corrected chi connectivity index (χ0v) is 11.3. The summed E-state index contributed by atoms with van der Waals surface area (Å²) in [6.07, 6.45) is 5.67. The molecule has 0 radical (unpaired) electrons. The van der Waals surface area contributed by atoms with Crippen LogP contribution >= 0.6 is 0 Å². The normalized spacial score (nSPS) is 30.4. The molecule has 2 aliphatic heterocycles. The molecule has 106 valence electrons. The number of carbonyl (C=O) groups is 2. The number of morpholine rings is 1. The Bertz CT molecular complexity index is 377. The summed E-state index contributed by atoms with van der Waals surface area (Å²) in [6, 6.07) is 0. The number of rotatable bonds is 1. The Balaban J connectivity index is 1.64. The van der Waals surface area contributed by atoms with Crippen LogP contribution in [0.1, 0.15) is 38.5 Å². The van der Waals surface area contributed by atoms with E-state index in [0.717, 1.165) is 25.8 Å². The Labute approximate surface area is 113 Å². The maximum atomic E-state index is 12.5. The molecule has 0 bridgehead atoms. The molecule has 1 N–H and O–H groups in total. The van der Waals surface area contributed by atoms with E-state index in [-0.39, 0.29) is 23.3 Å². The van der Waals surface area contributed by atoms with Gasteiger partial charge in [0, 0.05) is 32.0 Å². The number of nitrogens with zero attached hydrogens (tertiary/aromatic N) is 1. The number of piperidine rings is 1. The Morgan fingerprint density at radius 3 is 2.89 bits per heavy atom. The van der Waals surface area contributed by atoms with E-state index in [1.807, 2.05) is 4.90 Å². The molecule has 3 aliphatic rings. The first-order valence-electron chi connectivity index (χ1n) is 7.38. The first-order valence-corrected chi connectivity index (χ1v) is 7.38. The van der Waals surface area contributed by atoms with Gasteiger partial charge >= 0.3 is 0 Å². The van der Waals surface area contributed by atoms with E-state index < -0.39 is 0 Å². The molecular weight excluding hydrogens is 244 g/mol. The molecule has 19 heavy (non-hydrogen) atoms. The molecule has 0 aromatic carbocycles. The summed E-state index contributed by atoms with van der Waals surface area (Å²) in [6.45, 7) is 2.68. The molecule has 2 heterocycles. The van der Waals surface area contributed by atoms with E-state index in [4.69, 9.17) is 4.74 Å². The van der Waals surface area contributed by atoms with Crippen molar-refractivity contribution in [3.05, 3.63) is 0 Å². The van der Waals surface area contributed by atoms with Crippen LogP contribution in [0.4, 0.5) is 0 Å². The zero-order valence-electron chi connectivity index (χ0n) is 11.3. The van der Waals surface area contributed by atoms with Crippen molar-refractivity contribution in [3.8, 4) is 0 Å². The van der Waals surface area contributed by atoms with Gasteiger partial charge in [-0.2, -0.15) is 0 Å². The van der Waals surface area contributed by atoms with Crippen LogP contribution in [0.2, 0.25) is 0 Å². The Kier molecular flexibility index (Phi) is 3.48. The summed E-state index contributed by atoms with van der Waals surface area (Å²) in [7, 11) is 0. The third-order valence-corrected chi connectivity index (χ3v) is 4.67. The number of hydrogen-bond acceptors (Lipinski definition) is 3. The van der Waals surface area contributed by atoms with Crippen LogP contribution in [0, 0.1) is 5.92 Å². The monoisotopic (exact) mass is 266 g/mol. The van der Waals surface area contributed by atoms with Crippen molar-refractivity contribution in [2.75, 3.05) is 26.2 Å². The van der Waals surface area contributed by atoms with Crippen molar-refractivity contribution in [1.82, 2.24) is 10.2 Å². The third kappa shape index (κ3) is 2.61. The number of amides is 2. The Morgan fingerprint density at radius 1 is 1.37 bits per heavy atom. The molecule has 0 aromatic heterocycles. The highest BCUT2D eigenvalue weighted by molar-refractivity contribution is 5.87. The summed E-state index contributed by atoms with van der Waals surface area (Å²) < 4.78 is 5.94. The third-order valence-electron chi connectivity index (χ3n) is 4.67. The fraction of sp³-hybridized carbons (Fsp3) is 0.857. The summed E-state index contributed by atoms with van der Waals surface area (Å²) in [4.78, 5) is 25.9. The maximum Gasteiger partial charge on any atom is 0.226 e. The second-order valence-electron chi connectivity index (χ2n) is 6.04. The SMILES string of the molecule is O=C1CC(C(=O)N2CCOC3(CCCC3)C2)CCN1. The van der Waals surface area contributed by atoms with Crippen LogP contribution in [0.25, 0.3) is 0 Å². The minimum Gasteiger partial charge on any atom is -0.371 e. The van der Waals surface area contributed by atoms with Gasteiger partial charge in [-0.3, -0.25) is 9.59 Å². The average molecular weight is 266 g/mol. The van der Waals surface area contributed by atoms with E-state index in [0.29, 0.717) is 26.1 Å². The lowest BCUT2D eigenvalue weighted by atomic mass is 9.93. The fourth-order valence-electron chi connectivity index (χ4n) is 3.61. The van der Waals surface area contributed by atoms with Crippen molar-refractivity contribution < 1.29 is 14.3 Å². The zero-order chi connectivity index (χ0) is 13.3. The van der Waals surface area contributed by atoms with Gasteiger partial charge in [0.05, 0.1) is 12.2 Å². The molecule has 3 rings (SSSR count). The van der Waals surface area contributed by atoms with Crippen molar-refractivity contribution in [2.45, 2.75) is 44.1 Å². The molecule has 5 heteroatoms. The molecule has 1 unspecified atom stereocenters. The van der Waals surface area contributed by atoms with E-state index in [1.54, 1.807) is 0 Å². The molecule has 1 aliphatic carbocycles. The molecule has 3 fully saturated rings. The van der Waals surface area contributed by atoms with Crippen LogP contribution in [-0.2, 0) is 14.3 Å². The number of carbonyl (C=O) groups excluding carboxylic acids is 2. The van der Waals surface area contributed by atoms with Crippen molar-refractivity contribution >= 4 is 11.8 Å². The summed E-state index contributed by atoms with van der Waals surface area (Å²) in [5.41, 5.74) is -0.0785. The molecule has 1 atom stereocenters. The largest absolute Gasteiger partial charge is 0.371 e. The predicted octanol–water partition coefficient (Wildman–Crippen LogP) is 0.684. The van der Waals surface area contributed by atoms with Crippen molar-refractivity contribution in [1.29, 1.82) is 0 Å². The van der Waals surface area contributed by atoms with Gasteiger partial charge in [0.2, 0.25) is 11.8 Å². The second-order valence-corrected chi connectivity index (χ2v) is 6.04. The van der Waals surface area contributed by atoms with Crippen molar-refractivity contribution in [2.24, 2.45) is 5.92 Å². The van der Waals surface area contributed by atoms with Gasteiger partial charge in [-0.25, -0.2) is 0 Å². The van der Waals surface area contributed by atoms with E-state index >= 15 is 0 Å². The molecule has 0 aromatic rings. The molecule has 5 nitrogen and oxygen atoms in total. The quantitative estimate of drug-likeness (QED) is 0.759. The van der Waals surface area contributed by atoms with E-state index in [1.165, 1.54) is 12.8 Å². The van der Waals surface area contributed by atoms with Crippen LogP contribution in [0.15, 0.2) is 0 Å². The summed E-state index contributed by atoms with van der Waals surface area (Å²) in [5, 5.41) is 2.78. The lowest BCUT2D eigenvalue weighted by Crippen LogP contribution is -2.54. The first kappa shape index (κ1) is 12.9. The van der Waals surface area contributed by atoms with Gasteiger partial charge < -0.3 is 15.0 Å². The van der Waals surface area contributed by atoms with Crippen LogP contribution in [0.5, 0.6) is 0 Å². The highest BCUT2D eigenvalue weighted by Gasteiger charge is 2.42. The minimum absolute atomic E-state index is 0.00781. The molecule has 1 saturated carbocycles. The highest BCUT2D eigenvalue weighted by Crippen LogP contribution is 2.36. The minimum atomic E-state index is -0.120. The number of hydrogen-bond donors (Lipinski definition) is 1. The predicted molar refractivity (Wildman–Crippen MR) is 69.5 cm³/mol. The maximum absolute atomic E-state index is 12.5. The Hall–Kier alpha value is -1.10.